The summed E-state index contributed by atoms with van der Waals surface area (Å²) in [5, 5.41) is 9.27. The molecule has 0 bridgehead atoms. The summed E-state index contributed by atoms with van der Waals surface area (Å²) in [6.07, 6.45) is 0. The van der Waals surface area contributed by atoms with Crippen molar-refractivity contribution < 1.29 is 18.3 Å². The molecule has 0 aromatic heterocycles. The molecule has 0 unspecified atom stereocenters. The van der Waals surface area contributed by atoms with E-state index in [1.54, 1.807) is 0 Å². The van der Waals surface area contributed by atoms with Crippen LogP contribution in [-0.2, 0) is 14.8 Å². The van der Waals surface area contributed by atoms with Gasteiger partial charge in [-0.25, -0.2) is 8.42 Å². The minimum atomic E-state index is -3.60. The van der Waals surface area contributed by atoms with Crippen molar-refractivity contribution in [2.45, 2.75) is 11.8 Å². The van der Waals surface area contributed by atoms with Gasteiger partial charge in [-0.2, -0.15) is 4.31 Å². The van der Waals surface area contributed by atoms with Crippen LogP contribution in [0.25, 0.3) is 0 Å². The van der Waals surface area contributed by atoms with Gasteiger partial charge in [0.25, 0.3) is 0 Å². The number of hydrogen-bond acceptors (Lipinski definition) is 5. The highest BCUT2D eigenvalue weighted by Crippen LogP contribution is 2.24. The molecular formula is C11H18N2O4S. The van der Waals surface area contributed by atoms with E-state index in [1.165, 1.54) is 29.6 Å². The molecule has 0 saturated carbocycles. The maximum absolute atomic E-state index is 12.1. The van der Waals surface area contributed by atoms with Gasteiger partial charge in [-0.1, -0.05) is 0 Å². The fourth-order valence-corrected chi connectivity index (χ4v) is 2.52. The van der Waals surface area contributed by atoms with E-state index >= 15 is 0 Å². The average molecular weight is 274 g/mol. The van der Waals surface area contributed by atoms with E-state index in [9.17, 15) is 13.5 Å². The number of likely N-dealkylation sites (N-methyl/N-ethyl adjacent to an activating group) is 1. The first-order valence-corrected chi connectivity index (χ1v) is 6.96. The number of nitrogens with zero attached hydrogens (tertiary/aromatic N) is 1. The lowest BCUT2D eigenvalue weighted by molar-refractivity contribution is 0.138. The molecule has 0 aliphatic heterocycles. The Balaban J connectivity index is 2.88. The van der Waals surface area contributed by atoms with Crippen molar-refractivity contribution >= 4 is 15.7 Å². The van der Waals surface area contributed by atoms with Gasteiger partial charge < -0.3 is 15.6 Å². The summed E-state index contributed by atoms with van der Waals surface area (Å²) in [6, 6.07) is 3.82. The molecule has 3 N–H and O–H groups in total. The van der Waals surface area contributed by atoms with Crippen molar-refractivity contribution in [2.75, 3.05) is 32.5 Å². The minimum Gasteiger partial charge on any atom is -0.506 e. The molecule has 0 amide bonds. The van der Waals surface area contributed by atoms with Gasteiger partial charge in [-0.15, -0.1) is 0 Å². The van der Waals surface area contributed by atoms with E-state index in [-0.39, 0.29) is 22.9 Å². The Labute approximate surface area is 107 Å². The molecule has 0 radical (unpaired) electrons. The highest BCUT2D eigenvalue weighted by molar-refractivity contribution is 7.89. The van der Waals surface area contributed by atoms with Gasteiger partial charge >= 0.3 is 0 Å². The summed E-state index contributed by atoms with van der Waals surface area (Å²) < 4.78 is 30.5. The van der Waals surface area contributed by atoms with Crippen molar-refractivity contribution in [1.82, 2.24) is 4.31 Å². The molecule has 0 atom stereocenters. The van der Waals surface area contributed by atoms with Crippen LogP contribution in [0.2, 0.25) is 0 Å². The average Bonchev–Trinajstić information content (AvgIpc) is 2.32. The fraction of sp³-hybridized carbons (Fsp3) is 0.455. The van der Waals surface area contributed by atoms with Gasteiger partial charge in [0.2, 0.25) is 10.0 Å². The largest absolute Gasteiger partial charge is 0.506 e. The summed E-state index contributed by atoms with van der Waals surface area (Å²) in [5.41, 5.74) is 5.52. The number of nitrogens with two attached hydrogens (primary N) is 1. The third kappa shape index (κ3) is 3.34. The molecule has 7 heteroatoms. The lowest BCUT2D eigenvalue weighted by atomic mass is 10.3. The topological polar surface area (TPSA) is 92.9 Å². The van der Waals surface area contributed by atoms with Gasteiger partial charge in [0.15, 0.2) is 0 Å². The Kier molecular flexibility index (Phi) is 4.94. The maximum Gasteiger partial charge on any atom is 0.242 e. The Bertz CT molecular complexity index is 502. The molecule has 18 heavy (non-hydrogen) atoms. The van der Waals surface area contributed by atoms with Gasteiger partial charge in [0.05, 0.1) is 17.2 Å². The number of phenolic OH excluding ortho intramolecular Hbond substituents is 1. The quantitative estimate of drug-likeness (QED) is 0.451. The number of ether oxygens (including phenoxy) is 1. The predicted molar refractivity (Wildman–Crippen MR) is 68.8 cm³/mol. The third-order valence-electron chi connectivity index (χ3n) is 2.46. The lowest BCUT2D eigenvalue weighted by Crippen LogP contribution is -2.30. The van der Waals surface area contributed by atoms with Crippen molar-refractivity contribution in [3.63, 3.8) is 0 Å². The molecule has 0 saturated heterocycles. The highest BCUT2D eigenvalue weighted by atomic mass is 32.2. The number of aromatic hydroxyl groups is 1. The van der Waals surface area contributed by atoms with Crippen molar-refractivity contribution in [3.8, 4) is 5.75 Å². The van der Waals surface area contributed by atoms with Crippen LogP contribution >= 0.6 is 0 Å². The van der Waals surface area contributed by atoms with Gasteiger partial charge in [-0.3, -0.25) is 0 Å². The number of sulfonamides is 1. The Hall–Kier alpha value is -1.31. The van der Waals surface area contributed by atoms with E-state index in [2.05, 4.69) is 0 Å². The number of rotatable bonds is 6. The third-order valence-corrected chi connectivity index (χ3v) is 4.31. The molecule has 1 aromatic rings. The number of anilines is 1. The van der Waals surface area contributed by atoms with Crippen molar-refractivity contribution in [3.05, 3.63) is 18.2 Å². The summed E-state index contributed by atoms with van der Waals surface area (Å²) >= 11 is 0. The smallest absolute Gasteiger partial charge is 0.242 e. The SMILES string of the molecule is CCOCCN(C)S(=O)(=O)c1ccc(O)c(N)c1. The van der Waals surface area contributed by atoms with Crippen LogP contribution in [0.15, 0.2) is 23.1 Å². The lowest BCUT2D eigenvalue weighted by Gasteiger charge is -2.17. The van der Waals surface area contributed by atoms with Crippen molar-refractivity contribution in [2.24, 2.45) is 0 Å². The van der Waals surface area contributed by atoms with Gasteiger partial charge in [0, 0.05) is 20.2 Å². The highest BCUT2D eigenvalue weighted by Gasteiger charge is 2.21. The Morgan fingerprint density at radius 3 is 2.67 bits per heavy atom. The molecule has 102 valence electrons. The molecule has 0 aliphatic rings. The zero-order valence-corrected chi connectivity index (χ0v) is 11.3. The standard InChI is InChI=1S/C11H18N2O4S/c1-3-17-7-6-13(2)18(15,16)9-4-5-11(14)10(12)8-9/h4-5,8,14H,3,6-7,12H2,1-2H3. The number of hydrogen-bond donors (Lipinski definition) is 2. The minimum absolute atomic E-state index is 0.0364. The van der Waals surface area contributed by atoms with E-state index < -0.39 is 10.0 Å². The molecule has 0 fully saturated rings. The van der Waals surface area contributed by atoms with Crippen molar-refractivity contribution in [1.29, 1.82) is 0 Å². The first-order valence-electron chi connectivity index (χ1n) is 5.52. The monoisotopic (exact) mass is 274 g/mol. The molecule has 0 aliphatic carbocycles. The molecule has 1 aromatic carbocycles. The van der Waals surface area contributed by atoms with Crippen LogP contribution in [-0.4, -0.2) is 44.6 Å². The fourth-order valence-electron chi connectivity index (χ4n) is 1.33. The molecular weight excluding hydrogens is 256 g/mol. The van der Waals surface area contributed by atoms with Crippen LogP contribution in [0.4, 0.5) is 5.69 Å². The zero-order chi connectivity index (χ0) is 13.8. The summed E-state index contributed by atoms with van der Waals surface area (Å²) in [7, 11) is -2.13. The van der Waals surface area contributed by atoms with E-state index in [0.717, 1.165) is 0 Å². The zero-order valence-electron chi connectivity index (χ0n) is 10.5. The second kappa shape index (κ2) is 6.03. The van der Waals surface area contributed by atoms with Gasteiger partial charge in [-0.05, 0) is 25.1 Å². The first kappa shape index (κ1) is 14.7. The van der Waals surface area contributed by atoms with Crippen LogP contribution in [0.1, 0.15) is 6.92 Å². The molecule has 0 heterocycles. The van der Waals surface area contributed by atoms with E-state index in [1.807, 2.05) is 6.92 Å². The number of benzene rings is 1. The summed E-state index contributed by atoms with van der Waals surface area (Å²) in [5.74, 6) is -0.133. The van der Waals surface area contributed by atoms with E-state index in [4.69, 9.17) is 10.5 Å². The molecule has 1 rings (SSSR count). The Morgan fingerprint density at radius 2 is 2.11 bits per heavy atom. The van der Waals surface area contributed by atoms with E-state index in [0.29, 0.717) is 13.2 Å². The van der Waals surface area contributed by atoms with Crippen LogP contribution in [0, 0.1) is 0 Å². The normalized spacial score (nSPS) is 11.9. The molecule has 6 nitrogen and oxygen atoms in total. The summed E-state index contributed by atoms with van der Waals surface area (Å²) in [4.78, 5) is 0.0526. The second-order valence-electron chi connectivity index (χ2n) is 3.74. The summed E-state index contributed by atoms with van der Waals surface area (Å²) in [6.45, 7) is 2.98. The van der Waals surface area contributed by atoms with Crippen LogP contribution < -0.4 is 5.73 Å². The maximum atomic E-state index is 12.1. The first-order chi connectivity index (χ1) is 8.39. The van der Waals surface area contributed by atoms with Crippen LogP contribution in [0.5, 0.6) is 5.75 Å². The van der Waals surface area contributed by atoms with Crippen LogP contribution in [0.3, 0.4) is 0 Å². The predicted octanol–water partition coefficient (Wildman–Crippen LogP) is 0.631. The number of nitrogen functional groups attached to an aromatic ring is 1. The van der Waals surface area contributed by atoms with Gasteiger partial charge in [0.1, 0.15) is 5.75 Å². The Morgan fingerprint density at radius 1 is 1.44 bits per heavy atom. The number of phenols is 1. The second-order valence-corrected chi connectivity index (χ2v) is 5.79. The molecule has 0 spiro atoms.